The molecule has 20 heavy (non-hydrogen) atoms. The maximum atomic E-state index is 4.79. The van der Waals surface area contributed by atoms with Crippen LogP contribution in [0.2, 0.25) is 0 Å². The maximum absolute atomic E-state index is 4.79. The van der Waals surface area contributed by atoms with Crippen LogP contribution in [0.5, 0.6) is 0 Å². The summed E-state index contributed by atoms with van der Waals surface area (Å²) in [6.07, 6.45) is 5.14. The summed E-state index contributed by atoms with van der Waals surface area (Å²) in [4.78, 5) is 10.5. The van der Waals surface area contributed by atoms with Crippen LogP contribution in [-0.2, 0) is 13.0 Å². The number of aryl methyl sites for hydroxylation is 1. The van der Waals surface area contributed by atoms with Gasteiger partial charge in [0, 0.05) is 23.7 Å². The van der Waals surface area contributed by atoms with Crippen LogP contribution in [-0.4, -0.2) is 16.0 Å². The lowest BCUT2D eigenvalue weighted by Gasteiger charge is -2.10. The van der Waals surface area contributed by atoms with E-state index in [0.29, 0.717) is 6.04 Å². The summed E-state index contributed by atoms with van der Waals surface area (Å²) in [6.45, 7) is 7.54. The van der Waals surface area contributed by atoms with Crippen LogP contribution < -0.4 is 5.32 Å². The molecule has 0 aliphatic rings. The van der Waals surface area contributed by atoms with Crippen LogP contribution in [0.15, 0.2) is 24.4 Å². The molecule has 0 radical (unpaired) electrons. The standard InChI is InChI=1S/C16H23N3S/c1-4-8-13-15(11-18-12(3)5-2)20-16(19-13)14-9-6-7-10-17-14/h6-7,9-10,12,18H,4-5,8,11H2,1-3H3. The zero-order chi connectivity index (χ0) is 14.4. The van der Waals surface area contributed by atoms with Crippen LogP contribution in [0.3, 0.4) is 0 Å². The van der Waals surface area contributed by atoms with E-state index in [9.17, 15) is 0 Å². The lowest BCUT2D eigenvalue weighted by Crippen LogP contribution is -2.24. The second kappa shape index (κ2) is 7.50. The molecule has 1 N–H and O–H groups in total. The smallest absolute Gasteiger partial charge is 0.142 e. The van der Waals surface area contributed by atoms with Crippen LogP contribution >= 0.6 is 11.3 Å². The van der Waals surface area contributed by atoms with Crippen molar-refractivity contribution in [2.45, 2.75) is 52.6 Å². The molecule has 2 aromatic heterocycles. The molecule has 0 aliphatic carbocycles. The molecule has 3 nitrogen and oxygen atoms in total. The van der Waals surface area contributed by atoms with Crippen molar-refractivity contribution in [2.75, 3.05) is 0 Å². The van der Waals surface area contributed by atoms with Crippen molar-refractivity contribution in [3.05, 3.63) is 35.0 Å². The van der Waals surface area contributed by atoms with Gasteiger partial charge in [0.05, 0.1) is 11.4 Å². The predicted octanol–water partition coefficient (Wildman–Crippen LogP) is 4.05. The van der Waals surface area contributed by atoms with Gasteiger partial charge in [0.1, 0.15) is 5.01 Å². The Kier molecular flexibility index (Phi) is 5.68. The third-order valence-corrected chi connectivity index (χ3v) is 4.49. The number of rotatable bonds is 7. The normalized spacial score (nSPS) is 12.6. The number of hydrogen-bond acceptors (Lipinski definition) is 4. The van der Waals surface area contributed by atoms with E-state index in [1.807, 2.05) is 24.4 Å². The van der Waals surface area contributed by atoms with Crippen molar-refractivity contribution < 1.29 is 0 Å². The highest BCUT2D eigenvalue weighted by molar-refractivity contribution is 7.15. The fourth-order valence-corrected chi connectivity index (χ4v) is 3.00. The first kappa shape index (κ1) is 15.1. The Bertz CT molecular complexity index is 522. The van der Waals surface area contributed by atoms with E-state index in [4.69, 9.17) is 4.98 Å². The Morgan fingerprint density at radius 1 is 1.30 bits per heavy atom. The lowest BCUT2D eigenvalue weighted by atomic mass is 10.2. The van der Waals surface area contributed by atoms with Gasteiger partial charge in [-0.1, -0.05) is 26.3 Å². The third-order valence-electron chi connectivity index (χ3n) is 3.37. The maximum Gasteiger partial charge on any atom is 0.142 e. The number of thiazole rings is 1. The fraction of sp³-hybridized carbons (Fsp3) is 0.500. The fourth-order valence-electron chi connectivity index (χ4n) is 1.96. The zero-order valence-electron chi connectivity index (χ0n) is 12.5. The number of hydrogen-bond donors (Lipinski definition) is 1. The number of aromatic nitrogens is 2. The quantitative estimate of drug-likeness (QED) is 0.835. The molecule has 0 bridgehead atoms. The highest BCUT2D eigenvalue weighted by Crippen LogP contribution is 2.27. The molecule has 0 aliphatic heterocycles. The first-order valence-corrected chi connectivity index (χ1v) is 8.19. The van der Waals surface area contributed by atoms with Gasteiger partial charge in [-0.2, -0.15) is 0 Å². The Balaban J connectivity index is 2.19. The average Bonchev–Trinajstić information content (AvgIpc) is 2.89. The zero-order valence-corrected chi connectivity index (χ0v) is 13.3. The summed E-state index contributed by atoms with van der Waals surface area (Å²) in [6, 6.07) is 6.53. The van der Waals surface area contributed by atoms with E-state index in [0.717, 1.165) is 36.5 Å². The van der Waals surface area contributed by atoms with Gasteiger partial charge in [0.2, 0.25) is 0 Å². The minimum absolute atomic E-state index is 0.546. The molecule has 0 aromatic carbocycles. The molecule has 2 aromatic rings. The van der Waals surface area contributed by atoms with Gasteiger partial charge in [0.25, 0.3) is 0 Å². The highest BCUT2D eigenvalue weighted by atomic mass is 32.1. The summed E-state index contributed by atoms with van der Waals surface area (Å²) in [5.74, 6) is 0. The molecule has 2 heterocycles. The van der Waals surface area contributed by atoms with E-state index in [2.05, 4.69) is 31.1 Å². The Morgan fingerprint density at radius 2 is 2.15 bits per heavy atom. The van der Waals surface area contributed by atoms with E-state index in [-0.39, 0.29) is 0 Å². The van der Waals surface area contributed by atoms with Crippen molar-refractivity contribution in [1.29, 1.82) is 0 Å². The number of pyridine rings is 1. The molecule has 1 atom stereocenters. The molecule has 2 rings (SSSR count). The molecule has 0 saturated heterocycles. The topological polar surface area (TPSA) is 37.8 Å². The summed E-state index contributed by atoms with van der Waals surface area (Å²) in [5, 5.41) is 4.60. The second-order valence-electron chi connectivity index (χ2n) is 5.04. The summed E-state index contributed by atoms with van der Waals surface area (Å²) >= 11 is 1.77. The van der Waals surface area contributed by atoms with Gasteiger partial charge < -0.3 is 5.32 Å². The van der Waals surface area contributed by atoms with Gasteiger partial charge in [-0.05, 0) is 31.9 Å². The van der Waals surface area contributed by atoms with Gasteiger partial charge in [0.15, 0.2) is 0 Å². The number of nitrogens with zero attached hydrogens (tertiary/aromatic N) is 2. The number of nitrogens with one attached hydrogen (secondary N) is 1. The molecule has 0 amide bonds. The largest absolute Gasteiger partial charge is 0.309 e. The van der Waals surface area contributed by atoms with Gasteiger partial charge >= 0.3 is 0 Å². The van der Waals surface area contributed by atoms with Crippen LogP contribution in [0.1, 0.15) is 44.2 Å². The molecular formula is C16H23N3S. The minimum atomic E-state index is 0.546. The van der Waals surface area contributed by atoms with Crippen molar-refractivity contribution in [1.82, 2.24) is 15.3 Å². The first-order valence-electron chi connectivity index (χ1n) is 7.38. The van der Waals surface area contributed by atoms with Crippen LogP contribution in [0.25, 0.3) is 10.7 Å². The summed E-state index contributed by atoms with van der Waals surface area (Å²) in [5.41, 5.74) is 2.21. The molecule has 0 fully saturated rings. The molecule has 0 spiro atoms. The van der Waals surface area contributed by atoms with Gasteiger partial charge in [-0.15, -0.1) is 11.3 Å². The Labute approximate surface area is 125 Å². The van der Waals surface area contributed by atoms with E-state index < -0.39 is 0 Å². The highest BCUT2D eigenvalue weighted by Gasteiger charge is 2.13. The van der Waals surface area contributed by atoms with E-state index >= 15 is 0 Å². The lowest BCUT2D eigenvalue weighted by molar-refractivity contribution is 0.535. The predicted molar refractivity (Wildman–Crippen MR) is 85.9 cm³/mol. The van der Waals surface area contributed by atoms with Crippen molar-refractivity contribution in [2.24, 2.45) is 0 Å². The average molecular weight is 289 g/mol. The van der Waals surface area contributed by atoms with Crippen LogP contribution in [0.4, 0.5) is 0 Å². The second-order valence-corrected chi connectivity index (χ2v) is 6.13. The minimum Gasteiger partial charge on any atom is -0.309 e. The van der Waals surface area contributed by atoms with Crippen molar-refractivity contribution in [3.63, 3.8) is 0 Å². The monoisotopic (exact) mass is 289 g/mol. The Morgan fingerprint density at radius 3 is 2.80 bits per heavy atom. The van der Waals surface area contributed by atoms with Crippen LogP contribution in [0, 0.1) is 0 Å². The molecule has 4 heteroatoms. The molecular weight excluding hydrogens is 266 g/mol. The van der Waals surface area contributed by atoms with E-state index in [1.54, 1.807) is 11.3 Å². The first-order chi connectivity index (χ1) is 9.74. The molecule has 0 saturated carbocycles. The van der Waals surface area contributed by atoms with Crippen molar-refractivity contribution >= 4 is 11.3 Å². The van der Waals surface area contributed by atoms with Crippen molar-refractivity contribution in [3.8, 4) is 10.7 Å². The SMILES string of the molecule is CCCc1nc(-c2ccccn2)sc1CNC(C)CC. The summed E-state index contributed by atoms with van der Waals surface area (Å²) < 4.78 is 0. The van der Waals surface area contributed by atoms with Gasteiger partial charge in [-0.25, -0.2) is 4.98 Å². The summed E-state index contributed by atoms with van der Waals surface area (Å²) in [7, 11) is 0. The molecule has 1 unspecified atom stereocenters. The van der Waals surface area contributed by atoms with Gasteiger partial charge in [-0.3, -0.25) is 4.98 Å². The molecule has 108 valence electrons. The third kappa shape index (κ3) is 3.87. The Hall–Kier alpha value is -1.26. The van der Waals surface area contributed by atoms with E-state index in [1.165, 1.54) is 10.6 Å².